The zero-order valence-electron chi connectivity index (χ0n) is 16.0. The molecule has 1 amide bonds. The number of sulfonamides is 1. The van der Waals surface area contributed by atoms with Gasteiger partial charge in [-0.15, -0.1) is 0 Å². The maximum Gasteiger partial charge on any atom is 0.338 e. The summed E-state index contributed by atoms with van der Waals surface area (Å²) >= 11 is 0. The smallest absolute Gasteiger partial charge is 0.338 e. The Hall–Kier alpha value is -2.87. The van der Waals surface area contributed by atoms with Crippen molar-refractivity contribution in [1.29, 1.82) is 0 Å². The molecule has 148 valence electrons. The molecule has 7 nitrogen and oxygen atoms in total. The first kappa shape index (κ1) is 19.9. The van der Waals surface area contributed by atoms with Gasteiger partial charge < -0.3 is 9.64 Å². The highest BCUT2D eigenvalue weighted by atomic mass is 32.2. The number of anilines is 2. The fourth-order valence-electron chi connectivity index (χ4n) is 3.25. The van der Waals surface area contributed by atoms with Crippen molar-refractivity contribution in [3.8, 4) is 0 Å². The zero-order valence-corrected chi connectivity index (χ0v) is 16.8. The summed E-state index contributed by atoms with van der Waals surface area (Å²) in [6.45, 7) is 5.64. The molecule has 1 aliphatic rings. The molecule has 0 spiro atoms. The number of carbonyl (C=O) groups excluding carboxylic acids is 2. The SMILES string of the molecule is CCOC(=O)c1cccc(NS(=O)(=O)c2ccc3c(c2)CCN3C(C)=O)c1C. The average Bonchev–Trinajstić information content (AvgIpc) is 3.07. The normalized spacial score (nSPS) is 13.2. The topological polar surface area (TPSA) is 92.8 Å². The molecule has 1 aliphatic heterocycles. The van der Waals surface area contributed by atoms with Crippen LogP contribution < -0.4 is 9.62 Å². The number of carbonyl (C=O) groups is 2. The third kappa shape index (κ3) is 3.73. The fourth-order valence-corrected chi connectivity index (χ4v) is 4.43. The van der Waals surface area contributed by atoms with Gasteiger partial charge in [0.05, 0.1) is 22.8 Å². The molecule has 0 radical (unpaired) electrons. The molecule has 0 aliphatic carbocycles. The third-order valence-electron chi connectivity index (χ3n) is 4.71. The Labute approximate surface area is 164 Å². The van der Waals surface area contributed by atoms with Crippen molar-refractivity contribution in [2.24, 2.45) is 0 Å². The molecule has 1 heterocycles. The molecule has 3 rings (SSSR count). The molecule has 0 fully saturated rings. The highest BCUT2D eigenvalue weighted by Crippen LogP contribution is 2.31. The van der Waals surface area contributed by atoms with Gasteiger partial charge >= 0.3 is 5.97 Å². The molecule has 8 heteroatoms. The Morgan fingerprint density at radius 3 is 2.64 bits per heavy atom. The lowest BCUT2D eigenvalue weighted by Gasteiger charge is -2.16. The fraction of sp³-hybridized carbons (Fsp3) is 0.300. The first-order valence-corrected chi connectivity index (χ1v) is 10.4. The van der Waals surface area contributed by atoms with Crippen molar-refractivity contribution in [2.45, 2.75) is 32.1 Å². The summed E-state index contributed by atoms with van der Waals surface area (Å²) in [5.74, 6) is -0.568. The van der Waals surface area contributed by atoms with Gasteiger partial charge in [-0.05, 0) is 61.7 Å². The van der Waals surface area contributed by atoms with E-state index in [9.17, 15) is 18.0 Å². The molecule has 0 saturated heterocycles. The lowest BCUT2D eigenvalue weighted by molar-refractivity contribution is -0.116. The predicted octanol–water partition coefficient (Wildman–Crippen LogP) is 2.88. The average molecular weight is 402 g/mol. The number of fused-ring (bicyclic) bond motifs is 1. The van der Waals surface area contributed by atoms with Crippen LogP contribution in [0.15, 0.2) is 41.3 Å². The molecule has 0 aromatic heterocycles. The van der Waals surface area contributed by atoms with E-state index < -0.39 is 16.0 Å². The molecule has 0 bridgehead atoms. The molecule has 28 heavy (non-hydrogen) atoms. The van der Waals surface area contributed by atoms with Gasteiger partial charge in [0.2, 0.25) is 5.91 Å². The second-order valence-corrected chi connectivity index (χ2v) is 8.20. The van der Waals surface area contributed by atoms with Gasteiger partial charge in [-0.3, -0.25) is 9.52 Å². The number of esters is 1. The molecule has 0 unspecified atom stereocenters. The van der Waals surface area contributed by atoms with Gasteiger partial charge in [-0.1, -0.05) is 6.07 Å². The largest absolute Gasteiger partial charge is 0.462 e. The number of ether oxygens (including phenoxy) is 1. The quantitative estimate of drug-likeness (QED) is 0.777. The molecule has 0 saturated carbocycles. The summed E-state index contributed by atoms with van der Waals surface area (Å²) in [7, 11) is -3.86. The molecule has 2 aromatic rings. The highest BCUT2D eigenvalue weighted by Gasteiger charge is 2.25. The van der Waals surface area contributed by atoms with E-state index >= 15 is 0 Å². The van der Waals surface area contributed by atoms with Crippen LogP contribution in [0.2, 0.25) is 0 Å². The first-order chi connectivity index (χ1) is 13.2. The van der Waals surface area contributed by atoms with Crippen molar-refractivity contribution in [2.75, 3.05) is 22.8 Å². The monoisotopic (exact) mass is 402 g/mol. The van der Waals surface area contributed by atoms with Crippen molar-refractivity contribution >= 4 is 33.3 Å². The second kappa shape index (κ2) is 7.63. The number of nitrogens with zero attached hydrogens (tertiary/aromatic N) is 1. The van der Waals surface area contributed by atoms with Crippen molar-refractivity contribution in [1.82, 2.24) is 0 Å². The summed E-state index contributed by atoms with van der Waals surface area (Å²) in [6.07, 6.45) is 0.607. The summed E-state index contributed by atoms with van der Waals surface area (Å²) in [4.78, 5) is 25.4. The lowest BCUT2D eigenvalue weighted by atomic mass is 10.1. The van der Waals surface area contributed by atoms with E-state index in [0.717, 1.165) is 11.3 Å². The van der Waals surface area contributed by atoms with E-state index in [2.05, 4.69) is 4.72 Å². The maximum atomic E-state index is 12.9. The summed E-state index contributed by atoms with van der Waals surface area (Å²) in [5, 5.41) is 0. The van der Waals surface area contributed by atoms with Crippen LogP contribution in [0.3, 0.4) is 0 Å². The van der Waals surface area contributed by atoms with Gasteiger partial charge in [-0.25, -0.2) is 13.2 Å². The number of hydrogen-bond acceptors (Lipinski definition) is 5. The number of amides is 1. The number of benzene rings is 2. The number of rotatable bonds is 5. The van der Waals surface area contributed by atoms with Crippen molar-refractivity contribution < 1.29 is 22.7 Å². The van der Waals surface area contributed by atoms with E-state index in [0.29, 0.717) is 29.8 Å². The lowest BCUT2D eigenvalue weighted by Crippen LogP contribution is -2.25. The van der Waals surface area contributed by atoms with E-state index in [4.69, 9.17) is 4.74 Å². The van der Waals surface area contributed by atoms with Crippen LogP contribution in [-0.2, 0) is 26.0 Å². The number of nitrogens with one attached hydrogen (secondary N) is 1. The molecular formula is C20H22N2O5S. The van der Waals surface area contributed by atoms with E-state index in [1.165, 1.54) is 13.0 Å². The third-order valence-corrected chi connectivity index (χ3v) is 6.07. The van der Waals surface area contributed by atoms with Gasteiger partial charge in [0.1, 0.15) is 0 Å². The zero-order chi connectivity index (χ0) is 20.5. The van der Waals surface area contributed by atoms with Crippen molar-refractivity contribution in [3.63, 3.8) is 0 Å². The Morgan fingerprint density at radius 1 is 1.21 bits per heavy atom. The maximum absolute atomic E-state index is 12.9. The van der Waals surface area contributed by atoms with Gasteiger partial charge in [0.25, 0.3) is 10.0 Å². The molecule has 1 N–H and O–H groups in total. The van der Waals surface area contributed by atoms with Gasteiger partial charge in [-0.2, -0.15) is 0 Å². The van der Waals surface area contributed by atoms with Crippen LogP contribution in [-0.4, -0.2) is 33.4 Å². The van der Waals surface area contributed by atoms with Gasteiger partial charge in [0.15, 0.2) is 0 Å². The van der Waals surface area contributed by atoms with Crippen LogP contribution in [0.25, 0.3) is 0 Å². The Bertz CT molecular complexity index is 1050. The predicted molar refractivity (Wildman–Crippen MR) is 106 cm³/mol. The van der Waals surface area contributed by atoms with Crippen LogP contribution >= 0.6 is 0 Å². The van der Waals surface area contributed by atoms with E-state index in [-0.39, 0.29) is 17.4 Å². The van der Waals surface area contributed by atoms with Crippen LogP contribution in [0.1, 0.15) is 35.3 Å². The minimum absolute atomic E-state index is 0.0705. The van der Waals surface area contributed by atoms with Crippen molar-refractivity contribution in [3.05, 3.63) is 53.1 Å². The van der Waals surface area contributed by atoms with Gasteiger partial charge in [0, 0.05) is 19.2 Å². The summed E-state index contributed by atoms with van der Waals surface area (Å²) in [6, 6.07) is 9.51. The Kier molecular flexibility index (Phi) is 5.42. The molecule has 0 atom stereocenters. The molecule has 2 aromatic carbocycles. The second-order valence-electron chi connectivity index (χ2n) is 6.52. The minimum Gasteiger partial charge on any atom is -0.462 e. The standard InChI is InChI=1S/C20H22N2O5S/c1-4-27-20(24)17-6-5-7-18(13(17)2)21-28(25,26)16-8-9-19-15(12-16)10-11-22(19)14(3)23/h5-9,12,21H,4,10-11H2,1-3H3. The van der Waals surface area contributed by atoms with Crippen LogP contribution in [0.4, 0.5) is 11.4 Å². The minimum atomic E-state index is -3.86. The van der Waals surface area contributed by atoms with E-state index in [1.807, 2.05) is 0 Å². The Balaban J connectivity index is 1.91. The number of hydrogen-bond donors (Lipinski definition) is 1. The van der Waals surface area contributed by atoms with E-state index in [1.54, 1.807) is 49.1 Å². The van der Waals surface area contributed by atoms with Crippen LogP contribution in [0, 0.1) is 6.92 Å². The first-order valence-electron chi connectivity index (χ1n) is 8.95. The summed E-state index contributed by atoms with van der Waals surface area (Å²) in [5.41, 5.74) is 2.68. The molecular weight excluding hydrogens is 380 g/mol. The highest BCUT2D eigenvalue weighted by molar-refractivity contribution is 7.92. The van der Waals surface area contributed by atoms with Crippen LogP contribution in [0.5, 0.6) is 0 Å². The summed E-state index contributed by atoms with van der Waals surface area (Å²) < 4.78 is 33.3. The Morgan fingerprint density at radius 2 is 1.96 bits per heavy atom.